The molecule has 0 radical (unpaired) electrons. The fourth-order valence-electron chi connectivity index (χ4n) is 1.44. The maximum Gasteiger partial charge on any atom is 0.224 e. The number of methoxy groups -OCH3 is 1. The molecule has 0 saturated heterocycles. The van der Waals surface area contributed by atoms with E-state index in [4.69, 9.17) is 16.3 Å². The molecule has 0 aliphatic heterocycles. The second-order valence-electron chi connectivity index (χ2n) is 3.54. The van der Waals surface area contributed by atoms with Gasteiger partial charge in [0.15, 0.2) is 11.6 Å². The van der Waals surface area contributed by atoms with Gasteiger partial charge < -0.3 is 10.1 Å². The first-order valence-electron chi connectivity index (χ1n) is 5.24. The van der Waals surface area contributed by atoms with Crippen molar-refractivity contribution in [2.24, 2.45) is 0 Å². The van der Waals surface area contributed by atoms with Crippen molar-refractivity contribution >= 4 is 17.4 Å². The largest absolute Gasteiger partial charge is 0.497 e. The molecule has 4 nitrogen and oxygen atoms in total. The van der Waals surface area contributed by atoms with Crippen LogP contribution in [0.3, 0.4) is 0 Å². The maximum atomic E-state index is 13.3. The molecule has 0 spiro atoms. The Hall–Kier alpha value is -1.88. The minimum Gasteiger partial charge on any atom is -0.497 e. The molecule has 1 aromatic carbocycles. The molecule has 0 unspecified atom stereocenters. The number of nitrogens with zero attached hydrogens (tertiary/aromatic N) is 2. The number of benzene rings is 1. The smallest absolute Gasteiger partial charge is 0.224 e. The van der Waals surface area contributed by atoms with E-state index in [9.17, 15) is 4.39 Å². The third-order valence-electron chi connectivity index (χ3n) is 2.31. The third kappa shape index (κ3) is 3.07. The topological polar surface area (TPSA) is 47.0 Å². The number of hydrogen-bond donors (Lipinski definition) is 1. The predicted octanol–water partition coefficient (Wildman–Crippen LogP) is 2.89. The minimum absolute atomic E-state index is 0.00421. The molecule has 1 N–H and O–H groups in total. The van der Waals surface area contributed by atoms with Crippen molar-refractivity contribution in [1.29, 1.82) is 0 Å². The second-order valence-corrected chi connectivity index (χ2v) is 3.88. The zero-order chi connectivity index (χ0) is 13.0. The third-order valence-corrected chi connectivity index (χ3v) is 2.49. The lowest BCUT2D eigenvalue weighted by Gasteiger charge is -2.07. The van der Waals surface area contributed by atoms with Gasteiger partial charge in [0.2, 0.25) is 5.28 Å². The van der Waals surface area contributed by atoms with Crippen molar-refractivity contribution in [1.82, 2.24) is 9.97 Å². The Kier molecular flexibility index (Phi) is 3.94. The molecule has 1 heterocycles. The van der Waals surface area contributed by atoms with Gasteiger partial charge in [-0.1, -0.05) is 12.1 Å². The van der Waals surface area contributed by atoms with Crippen LogP contribution in [0.15, 0.2) is 30.5 Å². The number of nitrogens with one attached hydrogen (secondary N) is 1. The zero-order valence-corrected chi connectivity index (χ0v) is 10.4. The molecule has 0 saturated carbocycles. The van der Waals surface area contributed by atoms with E-state index >= 15 is 0 Å². The van der Waals surface area contributed by atoms with Gasteiger partial charge in [-0.15, -0.1) is 0 Å². The highest BCUT2D eigenvalue weighted by atomic mass is 35.5. The van der Waals surface area contributed by atoms with Gasteiger partial charge in [-0.25, -0.2) is 9.37 Å². The zero-order valence-electron chi connectivity index (χ0n) is 9.65. The van der Waals surface area contributed by atoms with E-state index < -0.39 is 5.82 Å². The van der Waals surface area contributed by atoms with Crippen LogP contribution in [0.4, 0.5) is 10.2 Å². The number of rotatable bonds is 4. The first-order valence-corrected chi connectivity index (χ1v) is 5.61. The van der Waals surface area contributed by atoms with Crippen LogP contribution in [0.2, 0.25) is 5.28 Å². The molecule has 0 atom stereocenters. The Morgan fingerprint density at radius 2 is 2.28 bits per heavy atom. The number of hydrogen-bond acceptors (Lipinski definition) is 4. The summed E-state index contributed by atoms with van der Waals surface area (Å²) in [5.41, 5.74) is 0.948. The average molecular weight is 268 g/mol. The van der Waals surface area contributed by atoms with Crippen molar-refractivity contribution in [2.45, 2.75) is 6.54 Å². The molecule has 2 aromatic rings. The molecule has 0 aliphatic rings. The van der Waals surface area contributed by atoms with E-state index in [-0.39, 0.29) is 11.1 Å². The van der Waals surface area contributed by atoms with Gasteiger partial charge in [0.25, 0.3) is 0 Å². The lowest BCUT2D eigenvalue weighted by Crippen LogP contribution is -2.04. The Balaban J connectivity index is 2.08. The normalized spacial score (nSPS) is 10.2. The van der Waals surface area contributed by atoms with Crippen LogP contribution in [-0.4, -0.2) is 17.1 Å². The van der Waals surface area contributed by atoms with Gasteiger partial charge in [-0.3, -0.25) is 0 Å². The summed E-state index contributed by atoms with van der Waals surface area (Å²) < 4.78 is 18.4. The van der Waals surface area contributed by atoms with Crippen LogP contribution in [0.5, 0.6) is 5.75 Å². The van der Waals surface area contributed by atoms with Gasteiger partial charge >= 0.3 is 0 Å². The number of halogens is 2. The molecule has 0 amide bonds. The van der Waals surface area contributed by atoms with Gasteiger partial charge in [0.05, 0.1) is 13.3 Å². The Morgan fingerprint density at radius 3 is 3.06 bits per heavy atom. The van der Waals surface area contributed by atoms with Crippen LogP contribution in [-0.2, 0) is 6.54 Å². The van der Waals surface area contributed by atoms with Crippen molar-refractivity contribution < 1.29 is 9.13 Å². The average Bonchev–Trinajstić information content (AvgIpc) is 2.40. The second kappa shape index (κ2) is 5.64. The van der Waals surface area contributed by atoms with E-state index in [0.29, 0.717) is 6.54 Å². The molecule has 0 aliphatic carbocycles. The van der Waals surface area contributed by atoms with Crippen molar-refractivity contribution in [2.75, 3.05) is 12.4 Å². The highest BCUT2D eigenvalue weighted by molar-refractivity contribution is 6.28. The van der Waals surface area contributed by atoms with E-state index in [1.165, 1.54) is 0 Å². The summed E-state index contributed by atoms with van der Waals surface area (Å²) in [7, 11) is 1.59. The summed E-state index contributed by atoms with van der Waals surface area (Å²) >= 11 is 5.60. The van der Waals surface area contributed by atoms with Crippen LogP contribution < -0.4 is 10.1 Å². The lowest BCUT2D eigenvalue weighted by atomic mass is 10.2. The summed E-state index contributed by atoms with van der Waals surface area (Å²) in [5, 5.41) is 2.86. The molecule has 2 rings (SSSR count). The van der Waals surface area contributed by atoms with Gasteiger partial charge in [0, 0.05) is 6.54 Å². The highest BCUT2D eigenvalue weighted by Crippen LogP contribution is 2.16. The molecule has 0 bridgehead atoms. The fraction of sp³-hybridized carbons (Fsp3) is 0.167. The van der Waals surface area contributed by atoms with Gasteiger partial charge in [-0.2, -0.15) is 4.98 Å². The number of aromatic nitrogens is 2. The Morgan fingerprint density at radius 1 is 1.44 bits per heavy atom. The standard InChI is InChI=1S/C12H11ClFN3O/c1-18-9-4-2-3-8(5-9)6-15-11-10(14)7-16-12(13)17-11/h2-5,7H,6H2,1H3,(H,15,16,17). The first-order chi connectivity index (χ1) is 8.69. The fourth-order valence-corrected chi connectivity index (χ4v) is 1.57. The van der Waals surface area contributed by atoms with E-state index in [2.05, 4.69) is 15.3 Å². The molecule has 18 heavy (non-hydrogen) atoms. The van der Waals surface area contributed by atoms with Crippen molar-refractivity contribution in [3.63, 3.8) is 0 Å². The summed E-state index contributed by atoms with van der Waals surface area (Å²) in [5.74, 6) is 0.288. The predicted molar refractivity (Wildman–Crippen MR) is 67.3 cm³/mol. The van der Waals surface area contributed by atoms with E-state index in [0.717, 1.165) is 17.5 Å². The van der Waals surface area contributed by atoms with Crippen LogP contribution in [0.1, 0.15) is 5.56 Å². The summed E-state index contributed by atoms with van der Waals surface area (Å²) in [4.78, 5) is 7.31. The van der Waals surface area contributed by atoms with Crippen molar-refractivity contribution in [3.05, 3.63) is 47.1 Å². The van der Waals surface area contributed by atoms with Crippen molar-refractivity contribution in [3.8, 4) is 5.75 Å². The number of ether oxygens (including phenoxy) is 1. The van der Waals surface area contributed by atoms with Crippen LogP contribution >= 0.6 is 11.6 Å². The molecule has 94 valence electrons. The molecule has 0 fully saturated rings. The molecule has 1 aromatic heterocycles. The summed E-state index contributed by atoms with van der Waals surface area (Å²) in [6.07, 6.45) is 1.03. The quantitative estimate of drug-likeness (QED) is 0.866. The van der Waals surface area contributed by atoms with Crippen LogP contribution in [0.25, 0.3) is 0 Å². The van der Waals surface area contributed by atoms with Crippen LogP contribution in [0, 0.1) is 5.82 Å². The lowest BCUT2D eigenvalue weighted by molar-refractivity contribution is 0.414. The van der Waals surface area contributed by atoms with E-state index in [1.54, 1.807) is 7.11 Å². The Labute approximate surface area is 109 Å². The highest BCUT2D eigenvalue weighted by Gasteiger charge is 2.05. The Bertz CT molecular complexity index is 551. The first kappa shape index (κ1) is 12.6. The minimum atomic E-state index is -0.540. The molecular weight excluding hydrogens is 257 g/mol. The summed E-state index contributed by atoms with van der Waals surface area (Å²) in [6, 6.07) is 7.45. The molecular formula is C12H11ClFN3O. The SMILES string of the molecule is COc1cccc(CNc2nc(Cl)ncc2F)c1. The monoisotopic (exact) mass is 267 g/mol. The van der Waals surface area contributed by atoms with Gasteiger partial charge in [-0.05, 0) is 29.3 Å². The molecule has 6 heteroatoms. The number of anilines is 1. The van der Waals surface area contributed by atoms with Gasteiger partial charge in [0.1, 0.15) is 5.75 Å². The summed E-state index contributed by atoms with van der Waals surface area (Å²) in [6.45, 7) is 0.418. The van der Waals surface area contributed by atoms with E-state index in [1.807, 2.05) is 24.3 Å². The maximum absolute atomic E-state index is 13.3.